The largest absolute Gasteiger partial charge is 0.473 e. The third-order valence-corrected chi connectivity index (χ3v) is 3.49. The van der Waals surface area contributed by atoms with Gasteiger partial charge in [-0.3, -0.25) is 0 Å². The van der Waals surface area contributed by atoms with E-state index in [1.807, 2.05) is 19.9 Å². The maximum atomic E-state index is 5.73. The molecule has 0 aromatic carbocycles. The van der Waals surface area contributed by atoms with E-state index in [2.05, 4.69) is 23.3 Å². The van der Waals surface area contributed by atoms with Crippen LogP contribution in [0.25, 0.3) is 0 Å². The molecule has 1 aliphatic rings. The number of pyridine rings is 1. The Morgan fingerprint density at radius 2 is 2.00 bits per heavy atom. The summed E-state index contributed by atoms with van der Waals surface area (Å²) >= 11 is 0. The molecule has 0 saturated heterocycles. The Balaban J connectivity index is 2.00. The standard InChI is InChI=1S/C15H24N2O/c1-11(2)18-15-14(5-4-10-16-15)17-13-8-6-12(3)7-9-13/h4-5,10-13,17H,6-9H2,1-3H3. The third kappa shape index (κ3) is 3.62. The SMILES string of the molecule is CC1CCC(Nc2cccnc2OC(C)C)CC1. The minimum absolute atomic E-state index is 0.159. The highest BCUT2D eigenvalue weighted by atomic mass is 16.5. The molecular formula is C15H24N2O. The lowest BCUT2D eigenvalue weighted by Gasteiger charge is -2.28. The zero-order valence-electron chi connectivity index (χ0n) is 11.6. The van der Waals surface area contributed by atoms with E-state index in [9.17, 15) is 0 Å². The fourth-order valence-corrected chi connectivity index (χ4v) is 2.44. The van der Waals surface area contributed by atoms with Crippen molar-refractivity contribution in [1.29, 1.82) is 0 Å². The Kier molecular flexibility index (Phi) is 4.45. The molecule has 0 bridgehead atoms. The zero-order chi connectivity index (χ0) is 13.0. The third-order valence-electron chi connectivity index (χ3n) is 3.49. The van der Waals surface area contributed by atoms with Crippen molar-refractivity contribution in [3.63, 3.8) is 0 Å². The van der Waals surface area contributed by atoms with Gasteiger partial charge in [0.25, 0.3) is 0 Å². The molecule has 1 fully saturated rings. The molecule has 3 heteroatoms. The molecule has 0 radical (unpaired) electrons. The van der Waals surface area contributed by atoms with Crippen LogP contribution in [-0.2, 0) is 0 Å². The van der Waals surface area contributed by atoms with Gasteiger partial charge in [0, 0.05) is 12.2 Å². The van der Waals surface area contributed by atoms with Crippen molar-refractivity contribution in [2.45, 2.75) is 58.6 Å². The Bertz CT molecular complexity index is 371. The highest BCUT2D eigenvalue weighted by Gasteiger charge is 2.19. The molecule has 1 aromatic rings. The van der Waals surface area contributed by atoms with Crippen LogP contribution in [0.4, 0.5) is 5.69 Å². The predicted molar refractivity (Wildman–Crippen MR) is 75.0 cm³/mol. The number of nitrogens with one attached hydrogen (secondary N) is 1. The van der Waals surface area contributed by atoms with Gasteiger partial charge in [-0.25, -0.2) is 4.98 Å². The van der Waals surface area contributed by atoms with Crippen LogP contribution < -0.4 is 10.1 Å². The van der Waals surface area contributed by atoms with E-state index in [0.717, 1.165) is 17.5 Å². The molecule has 1 saturated carbocycles. The van der Waals surface area contributed by atoms with Crippen LogP contribution in [0.3, 0.4) is 0 Å². The molecule has 0 atom stereocenters. The molecule has 1 aromatic heterocycles. The number of nitrogens with zero attached hydrogens (tertiary/aromatic N) is 1. The molecule has 0 spiro atoms. The fourth-order valence-electron chi connectivity index (χ4n) is 2.44. The summed E-state index contributed by atoms with van der Waals surface area (Å²) in [6.45, 7) is 6.40. The summed E-state index contributed by atoms with van der Waals surface area (Å²) in [5.74, 6) is 1.61. The first kappa shape index (κ1) is 13.2. The van der Waals surface area contributed by atoms with E-state index in [-0.39, 0.29) is 6.10 Å². The summed E-state index contributed by atoms with van der Waals surface area (Å²) < 4.78 is 5.73. The van der Waals surface area contributed by atoms with Gasteiger partial charge in [-0.2, -0.15) is 0 Å². The second kappa shape index (κ2) is 6.07. The summed E-state index contributed by atoms with van der Waals surface area (Å²) in [7, 11) is 0. The topological polar surface area (TPSA) is 34.2 Å². The van der Waals surface area contributed by atoms with Crippen molar-refractivity contribution < 1.29 is 4.74 Å². The van der Waals surface area contributed by atoms with Crippen molar-refractivity contribution in [2.24, 2.45) is 5.92 Å². The van der Waals surface area contributed by atoms with Crippen molar-refractivity contribution in [2.75, 3.05) is 5.32 Å². The fraction of sp³-hybridized carbons (Fsp3) is 0.667. The van der Waals surface area contributed by atoms with Gasteiger partial charge in [-0.15, -0.1) is 0 Å². The number of ether oxygens (including phenoxy) is 1. The quantitative estimate of drug-likeness (QED) is 0.878. The summed E-state index contributed by atoms with van der Waals surface area (Å²) in [6, 6.07) is 4.59. The first-order chi connectivity index (χ1) is 8.65. The van der Waals surface area contributed by atoms with E-state index >= 15 is 0 Å². The van der Waals surface area contributed by atoms with Gasteiger partial charge in [0.15, 0.2) is 0 Å². The second-order valence-electron chi connectivity index (χ2n) is 5.62. The molecule has 0 amide bonds. The number of hydrogen-bond acceptors (Lipinski definition) is 3. The lowest BCUT2D eigenvalue weighted by Crippen LogP contribution is -2.25. The van der Waals surface area contributed by atoms with Gasteiger partial charge in [0.2, 0.25) is 5.88 Å². The zero-order valence-corrected chi connectivity index (χ0v) is 11.6. The Labute approximate surface area is 110 Å². The molecule has 1 N–H and O–H groups in total. The van der Waals surface area contributed by atoms with Crippen LogP contribution in [0.5, 0.6) is 5.88 Å². The highest BCUT2D eigenvalue weighted by molar-refractivity contribution is 5.52. The van der Waals surface area contributed by atoms with Gasteiger partial charge in [0.05, 0.1) is 11.8 Å². The van der Waals surface area contributed by atoms with Crippen molar-refractivity contribution >= 4 is 5.69 Å². The maximum Gasteiger partial charge on any atom is 0.237 e. The smallest absolute Gasteiger partial charge is 0.237 e. The monoisotopic (exact) mass is 248 g/mol. The maximum absolute atomic E-state index is 5.73. The number of hydrogen-bond donors (Lipinski definition) is 1. The van der Waals surface area contributed by atoms with Gasteiger partial charge >= 0.3 is 0 Å². The van der Waals surface area contributed by atoms with E-state index < -0.39 is 0 Å². The minimum atomic E-state index is 0.159. The first-order valence-corrected chi connectivity index (χ1v) is 7.03. The predicted octanol–water partition coefficient (Wildman–Crippen LogP) is 3.86. The van der Waals surface area contributed by atoms with Crippen LogP contribution in [0.2, 0.25) is 0 Å². The van der Waals surface area contributed by atoms with E-state index in [0.29, 0.717) is 6.04 Å². The van der Waals surface area contributed by atoms with Crippen LogP contribution in [-0.4, -0.2) is 17.1 Å². The van der Waals surface area contributed by atoms with Gasteiger partial charge in [-0.1, -0.05) is 6.92 Å². The molecule has 1 aliphatic carbocycles. The minimum Gasteiger partial charge on any atom is -0.473 e. The normalized spacial score (nSPS) is 24.0. The molecular weight excluding hydrogens is 224 g/mol. The van der Waals surface area contributed by atoms with Crippen molar-refractivity contribution in [3.05, 3.63) is 18.3 Å². The molecule has 100 valence electrons. The van der Waals surface area contributed by atoms with Crippen LogP contribution in [0, 0.1) is 5.92 Å². The van der Waals surface area contributed by atoms with Gasteiger partial charge in [0.1, 0.15) is 0 Å². The molecule has 18 heavy (non-hydrogen) atoms. The average Bonchev–Trinajstić information content (AvgIpc) is 2.34. The van der Waals surface area contributed by atoms with Crippen molar-refractivity contribution in [1.82, 2.24) is 4.98 Å². The summed E-state index contributed by atoms with van der Waals surface area (Å²) in [5, 5.41) is 3.59. The highest BCUT2D eigenvalue weighted by Crippen LogP contribution is 2.29. The molecule has 0 aliphatic heterocycles. The molecule has 0 unspecified atom stereocenters. The number of rotatable bonds is 4. The number of anilines is 1. The summed E-state index contributed by atoms with van der Waals surface area (Å²) in [5.41, 5.74) is 1.03. The van der Waals surface area contributed by atoms with E-state index in [1.54, 1.807) is 6.20 Å². The summed E-state index contributed by atoms with van der Waals surface area (Å²) in [6.07, 6.45) is 7.07. The van der Waals surface area contributed by atoms with Crippen LogP contribution in [0.15, 0.2) is 18.3 Å². The second-order valence-corrected chi connectivity index (χ2v) is 5.62. The number of aromatic nitrogens is 1. The van der Waals surface area contributed by atoms with E-state index in [4.69, 9.17) is 4.74 Å². The Hall–Kier alpha value is -1.25. The van der Waals surface area contributed by atoms with Crippen LogP contribution in [0.1, 0.15) is 46.5 Å². The van der Waals surface area contributed by atoms with Crippen LogP contribution >= 0.6 is 0 Å². The molecule has 1 heterocycles. The van der Waals surface area contributed by atoms with Gasteiger partial charge in [-0.05, 0) is 57.6 Å². The lowest BCUT2D eigenvalue weighted by atomic mass is 9.87. The average molecular weight is 248 g/mol. The van der Waals surface area contributed by atoms with E-state index in [1.165, 1.54) is 25.7 Å². The molecule has 3 nitrogen and oxygen atoms in total. The molecule has 2 rings (SSSR count). The Morgan fingerprint density at radius 1 is 1.28 bits per heavy atom. The first-order valence-electron chi connectivity index (χ1n) is 7.03. The lowest BCUT2D eigenvalue weighted by molar-refractivity contribution is 0.233. The Morgan fingerprint density at radius 3 is 2.67 bits per heavy atom. The van der Waals surface area contributed by atoms with Crippen molar-refractivity contribution in [3.8, 4) is 5.88 Å². The van der Waals surface area contributed by atoms with Gasteiger partial charge < -0.3 is 10.1 Å². The summed E-state index contributed by atoms with van der Waals surface area (Å²) in [4.78, 5) is 4.31.